The fourth-order valence-electron chi connectivity index (χ4n) is 1.95. The standard InChI is InChI=1S/C16H13NO5/c1-19-13-6-3-2-5-12(13)16(18)21-10-11-9-15(22-17-11)14-7-4-8-20-14/h2-9H,10H2,1H3. The summed E-state index contributed by atoms with van der Waals surface area (Å²) < 4.78 is 20.7. The molecule has 2 aromatic heterocycles. The molecule has 0 saturated heterocycles. The zero-order chi connectivity index (χ0) is 15.4. The minimum Gasteiger partial charge on any atom is -0.496 e. The molecular formula is C16H13NO5. The molecule has 0 N–H and O–H groups in total. The van der Waals surface area contributed by atoms with Gasteiger partial charge in [0.25, 0.3) is 0 Å². The van der Waals surface area contributed by atoms with Crippen LogP contribution in [0.4, 0.5) is 0 Å². The fourth-order valence-corrected chi connectivity index (χ4v) is 1.95. The maximum absolute atomic E-state index is 12.1. The Balaban J connectivity index is 1.66. The lowest BCUT2D eigenvalue weighted by Crippen LogP contribution is -2.07. The first-order valence-electron chi connectivity index (χ1n) is 6.57. The Morgan fingerprint density at radius 3 is 2.82 bits per heavy atom. The predicted molar refractivity (Wildman–Crippen MR) is 76.3 cm³/mol. The van der Waals surface area contributed by atoms with Gasteiger partial charge in [-0.25, -0.2) is 4.79 Å². The minimum absolute atomic E-state index is 0.00108. The van der Waals surface area contributed by atoms with Gasteiger partial charge in [-0.3, -0.25) is 0 Å². The Labute approximate surface area is 126 Å². The van der Waals surface area contributed by atoms with Crippen molar-refractivity contribution in [2.45, 2.75) is 6.61 Å². The summed E-state index contributed by atoms with van der Waals surface area (Å²) in [5.74, 6) is 1.02. The van der Waals surface area contributed by atoms with E-state index in [1.54, 1.807) is 48.7 Å². The molecule has 0 aliphatic heterocycles. The van der Waals surface area contributed by atoms with E-state index in [0.717, 1.165) is 0 Å². The van der Waals surface area contributed by atoms with Crippen molar-refractivity contribution in [1.29, 1.82) is 0 Å². The Kier molecular flexibility index (Phi) is 3.91. The summed E-state index contributed by atoms with van der Waals surface area (Å²) >= 11 is 0. The topological polar surface area (TPSA) is 74.7 Å². The smallest absolute Gasteiger partial charge is 0.342 e. The molecular weight excluding hydrogens is 286 g/mol. The average Bonchev–Trinajstić information content (AvgIpc) is 3.23. The van der Waals surface area contributed by atoms with E-state index in [0.29, 0.717) is 28.5 Å². The molecule has 0 aliphatic carbocycles. The highest BCUT2D eigenvalue weighted by Gasteiger charge is 2.15. The van der Waals surface area contributed by atoms with E-state index in [-0.39, 0.29) is 6.61 Å². The quantitative estimate of drug-likeness (QED) is 0.673. The number of carbonyl (C=O) groups excluding carboxylic acids is 1. The van der Waals surface area contributed by atoms with Crippen LogP contribution >= 0.6 is 0 Å². The summed E-state index contributed by atoms with van der Waals surface area (Å²) in [6, 6.07) is 12.0. The molecule has 3 aromatic rings. The van der Waals surface area contributed by atoms with Gasteiger partial charge in [0.05, 0.1) is 13.4 Å². The number of nitrogens with zero attached hydrogens (tertiary/aromatic N) is 1. The van der Waals surface area contributed by atoms with Crippen molar-refractivity contribution in [3.8, 4) is 17.3 Å². The van der Waals surface area contributed by atoms with Crippen LogP contribution in [0.1, 0.15) is 16.1 Å². The van der Waals surface area contributed by atoms with Gasteiger partial charge in [0.2, 0.25) is 5.76 Å². The molecule has 112 valence electrons. The highest BCUT2D eigenvalue weighted by Crippen LogP contribution is 2.22. The SMILES string of the molecule is COc1ccccc1C(=O)OCc1cc(-c2ccco2)on1. The van der Waals surface area contributed by atoms with Gasteiger partial charge in [-0.2, -0.15) is 0 Å². The van der Waals surface area contributed by atoms with Gasteiger partial charge in [-0.1, -0.05) is 17.3 Å². The first kappa shape index (κ1) is 13.9. The molecule has 6 nitrogen and oxygen atoms in total. The van der Waals surface area contributed by atoms with E-state index in [2.05, 4.69) is 5.16 Å². The van der Waals surface area contributed by atoms with Gasteiger partial charge in [0.1, 0.15) is 23.6 Å². The number of methoxy groups -OCH3 is 1. The molecule has 0 radical (unpaired) electrons. The van der Waals surface area contributed by atoms with Gasteiger partial charge >= 0.3 is 5.97 Å². The summed E-state index contributed by atoms with van der Waals surface area (Å²) in [5.41, 5.74) is 0.856. The summed E-state index contributed by atoms with van der Waals surface area (Å²) in [4.78, 5) is 12.1. The molecule has 0 atom stereocenters. The lowest BCUT2D eigenvalue weighted by Gasteiger charge is -2.07. The van der Waals surface area contributed by atoms with Crippen LogP contribution in [-0.4, -0.2) is 18.2 Å². The first-order valence-corrected chi connectivity index (χ1v) is 6.57. The van der Waals surface area contributed by atoms with Crippen molar-refractivity contribution >= 4 is 5.97 Å². The van der Waals surface area contributed by atoms with Gasteiger partial charge in [-0.15, -0.1) is 0 Å². The maximum atomic E-state index is 12.1. The van der Waals surface area contributed by atoms with Crippen LogP contribution in [0.3, 0.4) is 0 Å². The van der Waals surface area contributed by atoms with E-state index in [1.807, 2.05) is 0 Å². The Morgan fingerprint density at radius 1 is 1.18 bits per heavy atom. The molecule has 0 amide bonds. The van der Waals surface area contributed by atoms with Crippen molar-refractivity contribution < 1.29 is 23.2 Å². The molecule has 0 fully saturated rings. The number of rotatable bonds is 5. The largest absolute Gasteiger partial charge is 0.496 e. The zero-order valence-corrected chi connectivity index (χ0v) is 11.8. The van der Waals surface area contributed by atoms with Crippen molar-refractivity contribution in [3.05, 3.63) is 60.0 Å². The van der Waals surface area contributed by atoms with Crippen LogP contribution in [-0.2, 0) is 11.3 Å². The van der Waals surface area contributed by atoms with E-state index in [1.165, 1.54) is 7.11 Å². The average molecular weight is 299 g/mol. The number of ether oxygens (including phenoxy) is 2. The van der Waals surface area contributed by atoms with Crippen LogP contribution < -0.4 is 4.74 Å². The number of furan rings is 1. The summed E-state index contributed by atoms with van der Waals surface area (Å²) in [6.07, 6.45) is 1.54. The Bertz CT molecular complexity index is 760. The summed E-state index contributed by atoms with van der Waals surface area (Å²) in [6.45, 7) is 0.00108. The highest BCUT2D eigenvalue weighted by atomic mass is 16.5. The highest BCUT2D eigenvalue weighted by molar-refractivity contribution is 5.92. The molecule has 0 spiro atoms. The molecule has 0 unspecified atom stereocenters. The third kappa shape index (κ3) is 2.85. The fraction of sp³-hybridized carbons (Fsp3) is 0.125. The molecule has 2 heterocycles. The second-order valence-corrected chi connectivity index (χ2v) is 4.44. The maximum Gasteiger partial charge on any atom is 0.342 e. The van der Waals surface area contributed by atoms with Gasteiger partial charge < -0.3 is 18.4 Å². The van der Waals surface area contributed by atoms with E-state index >= 15 is 0 Å². The summed E-state index contributed by atoms with van der Waals surface area (Å²) in [5, 5.41) is 3.84. The van der Waals surface area contributed by atoms with Gasteiger partial charge in [0.15, 0.2) is 5.76 Å². The van der Waals surface area contributed by atoms with E-state index in [9.17, 15) is 4.79 Å². The van der Waals surface area contributed by atoms with Crippen LogP contribution in [0.2, 0.25) is 0 Å². The first-order chi connectivity index (χ1) is 10.8. The van der Waals surface area contributed by atoms with Crippen molar-refractivity contribution in [3.63, 3.8) is 0 Å². The van der Waals surface area contributed by atoms with E-state index < -0.39 is 5.97 Å². The van der Waals surface area contributed by atoms with Gasteiger partial charge in [0, 0.05) is 6.07 Å². The predicted octanol–water partition coefficient (Wildman–Crippen LogP) is 3.30. The molecule has 0 saturated carbocycles. The molecule has 0 aliphatic rings. The zero-order valence-electron chi connectivity index (χ0n) is 11.8. The minimum atomic E-state index is -0.486. The lowest BCUT2D eigenvalue weighted by atomic mass is 10.2. The number of carbonyl (C=O) groups is 1. The van der Waals surface area contributed by atoms with Crippen LogP contribution in [0.25, 0.3) is 11.5 Å². The number of hydrogen-bond donors (Lipinski definition) is 0. The number of esters is 1. The summed E-state index contributed by atoms with van der Waals surface area (Å²) in [7, 11) is 1.50. The monoisotopic (exact) mass is 299 g/mol. The normalized spacial score (nSPS) is 10.4. The van der Waals surface area contributed by atoms with Crippen LogP contribution in [0, 0.1) is 0 Å². The van der Waals surface area contributed by atoms with Crippen molar-refractivity contribution in [2.75, 3.05) is 7.11 Å². The lowest BCUT2D eigenvalue weighted by molar-refractivity contribution is 0.0460. The van der Waals surface area contributed by atoms with Crippen LogP contribution in [0.5, 0.6) is 5.75 Å². The van der Waals surface area contributed by atoms with Crippen LogP contribution in [0.15, 0.2) is 57.7 Å². The number of hydrogen-bond acceptors (Lipinski definition) is 6. The third-order valence-corrected chi connectivity index (χ3v) is 3.00. The number of para-hydroxylation sites is 1. The molecule has 0 bridgehead atoms. The van der Waals surface area contributed by atoms with Crippen molar-refractivity contribution in [2.24, 2.45) is 0 Å². The van der Waals surface area contributed by atoms with Gasteiger partial charge in [-0.05, 0) is 24.3 Å². The molecule has 3 rings (SSSR count). The molecule has 6 heteroatoms. The third-order valence-electron chi connectivity index (χ3n) is 3.00. The second kappa shape index (κ2) is 6.17. The Morgan fingerprint density at radius 2 is 2.05 bits per heavy atom. The number of aromatic nitrogens is 1. The molecule has 1 aromatic carbocycles. The van der Waals surface area contributed by atoms with Crippen molar-refractivity contribution in [1.82, 2.24) is 5.16 Å². The van der Waals surface area contributed by atoms with E-state index in [4.69, 9.17) is 18.4 Å². The number of benzene rings is 1. The molecule has 22 heavy (non-hydrogen) atoms. The Hall–Kier alpha value is -3.02. The second-order valence-electron chi connectivity index (χ2n) is 4.44.